The van der Waals surface area contributed by atoms with E-state index in [1.807, 2.05) is 6.07 Å². The summed E-state index contributed by atoms with van der Waals surface area (Å²) in [7, 11) is 1.55. The lowest BCUT2D eigenvalue weighted by molar-refractivity contribution is 0.116. The number of hydrogen-bond acceptors (Lipinski definition) is 4. The van der Waals surface area contributed by atoms with E-state index in [4.69, 9.17) is 16.3 Å². The molecule has 0 amide bonds. The fourth-order valence-corrected chi connectivity index (χ4v) is 3.71. The third-order valence-electron chi connectivity index (χ3n) is 4.51. The molecule has 0 spiro atoms. The van der Waals surface area contributed by atoms with Gasteiger partial charge in [0.2, 0.25) is 0 Å². The average Bonchev–Trinajstić information content (AvgIpc) is 2.92. The molecule has 0 aromatic heterocycles. The summed E-state index contributed by atoms with van der Waals surface area (Å²) in [5.74, 6) is 1.41. The van der Waals surface area contributed by atoms with E-state index >= 15 is 0 Å². The molecule has 0 aliphatic carbocycles. The lowest BCUT2D eigenvalue weighted by atomic mass is 9.91. The van der Waals surface area contributed by atoms with Crippen LogP contribution in [0.3, 0.4) is 0 Å². The summed E-state index contributed by atoms with van der Waals surface area (Å²) < 4.78 is 5.18. The van der Waals surface area contributed by atoms with Crippen LogP contribution in [-0.4, -0.2) is 42.8 Å². The maximum absolute atomic E-state index is 10.3. The van der Waals surface area contributed by atoms with Gasteiger partial charge in [-0.2, -0.15) is 0 Å². The number of nitrogens with one attached hydrogen (secondary N) is 1. The number of ether oxygens (including phenoxy) is 1. The van der Waals surface area contributed by atoms with E-state index in [9.17, 15) is 5.11 Å². The SMILES string of the molecule is COc1cc(Cl)cc(CN2CCCC3CNCC32)c1O. The minimum Gasteiger partial charge on any atom is -0.504 e. The quantitative estimate of drug-likeness (QED) is 0.898. The number of rotatable bonds is 3. The summed E-state index contributed by atoms with van der Waals surface area (Å²) >= 11 is 6.11. The van der Waals surface area contributed by atoms with Gasteiger partial charge in [0, 0.05) is 35.8 Å². The van der Waals surface area contributed by atoms with Crippen molar-refractivity contribution in [1.82, 2.24) is 10.2 Å². The standard InChI is InChI=1S/C15H21ClN2O2/c1-20-14-6-12(16)5-11(15(14)19)9-18-4-2-3-10-7-17-8-13(10)18/h5-6,10,13,17,19H,2-4,7-9H2,1H3. The van der Waals surface area contributed by atoms with Crippen molar-refractivity contribution in [2.24, 2.45) is 5.92 Å². The lowest BCUT2D eigenvalue weighted by Crippen LogP contribution is -2.44. The van der Waals surface area contributed by atoms with Gasteiger partial charge in [-0.3, -0.25) is 4.90 Å². The number of fused-ring (bicyclic) bond motifs is 1. The fraction of sp³-hybridized carbons (Fsp3) is 0.600. The van der Waals surface area contributed by atoms with E-state index in [2.05, 4.69) is 10.2 Å². The number of halogens is 1. The van der Waals surface area contributed by atoms with Crippen molar-refractivity contribution >= 4 is 11.6 Å². The molecular formula is C15H21ClN2O2. The summed E-state index contributed by atoms with van der Waals surface area (Å²) in [4.78, 5) is 2.46. The van der Waals surface area contributed by atoms with Crippen LogP contribution in [0.1, 0.15) is 18.4 Å². The Labute approximate surface area is 124 Å². The highest BCUT2D eigenvalue weighted by Crippen LogP contribution is 2.36. The van der Waals surface area contributed by atoms with Crippen molar-refractivity contribution in [2.45, 2.75) is 25.4 Å². The molecule has 20 heavy (non-hydrogen) atoms. The van der Waals surface area contributed by atoms with Gasteiger partial charge in [-0.15, -0.1) is 0 Å². The Morgan fingerprint density at radius 3 is 3.10 bits per heavy atom. The predicted molar refractivity (Wildman–Crippen MR) is 79.5 cm³/mol. The zero-order valence-electron chi connectivity index (χ0n) is 11.7. The summed E-state index contributed by atoms with van der Waals surface area (Å²) in [6.07, 6.45) is 2.53. The van der Waals surface area contributed by atoms with Crippen molar-refractivity contribution < 1.29 is 9.84 Å². The number of aromatic hydroxyl groups is 1. The molecule has 0 radical (unpaired) electrons. The van der Waals surface area contributed by atoms with Gasteiger partial charge < -0.3 is 15.2 Å². The Morgan fingerprint density at radius 2 is 2.30 bits per heavy atom. The molecule has 0 saturated carbocycles. The van der Waals surface area contributed by atoms with Crippen LogP contribution in [0.15, 0.2) is 12.1 Å². The van der Waals surface area contributed by atoms with Crippen LogP contribution in [0.2, 0.25) is 5.02 Å². The second-order valence-corrected chi connectivity index (χ2v) is 6.15. The normalized spacial score (nSPS) is 26.5. The lowest BCUT2D eigenvalue weighted by Gasteiger charge is -2.37. The van der Waals surface area contributed by atoms with Crippen molar-refractivity contribution in [1.29, 1.82) is 0 Å². The molecule has 5 heteroatoms. The summed E-state index contributed by atoms with van der Waals surface area (Å²) in [5, 5.41) is 14.3. The maximum Gasteiger partial charge on any atom is 0.162 e. The number of nitrogens with zero attached hydrogens (tertiary/aromatic N) is 1. The molecule has 110 valence electrons. The molecule has 2 fully saturated rings. The number of phenolic OH excluding ortho intramolecular Hbond substituents is 1. The molecule has 0 bridgehead atoms. The zero-order chi connectivity index (χ0) is 14.1. The highest BCUT2D eigenvalue weighted by molar-refractivity contribution is 6.30. The smallest absolute Gasteiger partial charge is 0.162 e. The molecule has 2 aliphatic rings. The van der Waals surface area contributed by atoms with E-state index in [-0.39, 0.29) is 5.75 Å². The van der Waals surface area contributed by atoms with Crippen molar-refractivity contribution in [3.8, 4) is 11.5 Å². The van der Waals surface area contributed by atoms with Crippen LogP contribution in [0, 0.1) is 5.92 Å². The molecule has 2 atom stereocenters. The Bertz CT molecular complexity index is 495. The van der Waals surface area contributed by atoms with E-state index in [0.717, 1.165) is 37.7 Å². The van der Waals surface area contributed by atoms with Crippen LogP contribution < -0.4 is 10.1 Å². The first-order valence-corrected chi connectivity index (χ1v) is 7.57. The molecule has 2 heterocycles. The Kier molecular flexibility index (Phi) is 4.06. The van der Waals surface area contributed by atoms with Gasteiger partial charge in [0.15, 0.2) is 11.5 Å². The van der Waals surface area contributed by atoms with Crippen molar-refractivity contribution in [3.05, 3.63) is 22.7 Å². The van der Waals surface area contributed by atoms with Crippen LogP contribution >= 0.6 is 11.6 Å². The van der Waals surface area contributed by atoms with Crippen LogP contribution in [0.25, 0.3) is 0 Å². The minimum absolute atomic E-state index is 0.213. The van der Waals surface area contributed by atoms with Crippen LogP contribution in [-0.2, 0) is 6.54 Å². The number of likely N-dealkylation sites (tertiary alicyclic amines) is 1. The fourth-order valence-electron chi connectivity index (χ4n) is 3.48. The van der Waals surface area contributed by atoms with Gasteiger partial charge in [-0.1, -0.05) is 11.6 Å². The van der Waals surface area contributed by atoms with Gasteiger partial charge in [0.25, 0.3) is 0 Å². The van der Waals surface area contributed by atoms with Gasteiger partial charge in [-0.25, -0.2) is 0 Å². The molecule has 2 unspecified atom stereocenters. The van der Waals surface area contributed by atoms with Gasteiger partial charge in [0.05, 0.1) is 7.11 Å². The van der Waals surface area contributed by atoms with E-state index in [0.29, 0.717) is 16.8 Å². The molecule has 3 rings (SSSR count). The summed E-state index contributed by atoms with van der Waals surface area (Å²) in [6, 6.07) is 4.06. The second kappa shape index (κ2) is 5.80. The first-order valence-electron chi connectivity index (χ1n) is 7.19. The second-order valence-electron chi connectivity index (χ2n) is 5.71. The monoisotopic (exact) mass is 296 g/mol. The zero-order valence-corrected chi connectivity index (χ0v) is 12.5. The Balaban J connectivity index is 1.81. The Hall–Kier alpha value is -0.970. The molecule has 2 saturated heterocycles. The van der Waals surface area contributed by atoms with E-state index in [1.54, 1.807) is 13.2 Å². The Morgan fingerprint density at radius 1 is 1.45 bits per heavy atom. The number of piperidine rings is 1. The predicted octanol–water partition coefficient (Wildman–Crippen LogP) is 2.24. The van der Waals surface area contributed by atoms with Crippen molar-refractivity contribution in [2.75, 3.05) is 26.7 Å². The largest absolute Gasteiger partial charge is 0.504 e. The van der Waals surface area contributed by atoms with Crippen LogP contribution in [0.5, 0.6) is 11.5 Å². The van der Waals surface area contributed by atoms with Crippen molar-refractivity contribution in [3.63, 3.8) is 0 Å². The molecule has 2 aliphatic heterocycles. The number of phenols is 1. The number of benzene rings is 1. The minimum atomic E-state index is 0.213. The molecular weight excluding hydrogens is 276 g/mol. The number of hydrogen-bond donors (Lipinski definition) is 2. The highest BCUT2D eigenvalue weighted by Gasteiger charge is 2.35. The first kappa shape index (κ1) is 14.0. The topological polar surface area (TPSA) is 44.7 Å². The third-order valence-corrected chi connectivity index (χ3v) is 4.72. The highest BCUT2D eigenvalue weighted by atomic mass is 35.5. The summed E-state index contributed by atoms with van der Waals surface area (Å²) in [5.41, 5.74) is 0.849. The van der Waals surface area contributed by atoms with Gasteiger partial charge in [0.1, 0.15) is 0 Å². The average molecular weight is 297 g/mol. The first-order chi connectivity index (χ1) is 9.69. The number of methoxy groups -OCH3 is 1. The van der Waals surface area contributed by atoms with Crippen LogP contribution in [0.4, 0.5) is 0 Å². The van der Waals surface area contributed by atoms with E-state index < -0.39 is 0 Å². The molecule has 1 aromatic rings. The third kappa shape index (κ3) is 2.60. The molecule has 1 aromatic carbocycles. The maximum atomic E-state index is 10.3. The van der Waals surface area contributed by atoms with Gasteiger partial charge in [-0.05, 0) is 37.9 Å². The van der Waals surface area contributed by atoms with Gasteiger partial charge >= 0.3 is 0 Å². The molecule has 2 N–H and O–H groups in total. The van der Waals surface area contributed by atoms with E-state index in [1.165, 1.54) is 12.8 Å². The molecule has 4 nitrogen and oxygen atoms in total. The summed E-state index contributed by atoms with van der Waals surface area (Å²) in [6.45, 7) is 3.97.